The quantitative estimate of drug-likeness (QED) is 0.718. The van der Waals surface area contributed by atoms with E-state index in [0.717, 1.165) is 37.9 Å². The number of hydrogen-bond donors (Lipinski definition) is 1. The summed E-state index contributed by atoms with van der Waals surface area (Å²) in [7, 11) is -3.65. The number of amides is 1. The number of carbonyl (C=O) groups excluding carboxylic acids is 1. The van der Waals surface area contributed by atoms with Crippen molar-refractivity contribution in [3.05, 3.63) is 23.9 Å². The summed E-state index contributed by atoms with van der Waals surface area (Å²) in [5.41, 5.74) is 6.46. The fraction of sp³-hybridized carbons (Fsp3) is 0.727. The highest BCUT2D eigenvalue weighted by Gasteiger charge is 2.43. The van der Waals surface area contributed by atoms with E-state index in [1.54, 1.807) is 12.1 Å². The molecule has 0 bridgehead atoms. The van der Waals surface area contributed by atoms with Crippen molar-refractivity contribution < 1.29 is 17.9 Å². The summed E-state index contributed by atoms with van der Waals surface area (Å²) in [6, 6.07) is 3.43. The predicted molar refractivity (Wildman–Crippen MR) is 117 cm³/mol. The highest BCUT2D eigenvalue weighted by atomic mass is 32.2. The van der Waals surface area contributed by atoms with Crippen molar-refractivity contribution in [1.29, 1.82) is 0 Å². The Kier molecular flexibility index (Phi) is 7.26. The van der Waals surface area contributed by atoms with Gasteiger partial charge in [-0.05, 0) is 62.9 Å². The molecule has 8 nitrogen and oxygen atoms in total. The SMILES string of the molecule is NCc1ccnc(S(=O)(=O)C2C[C@@H](C(=O)N3CCOCC3)C[C@@H](N3CCCCC3)C2)c1. The lowest BCUT2D eigenvalue weighted by molar-refractivity contribution is -0.141. The van der Waals surface area contributed by atoms with Gasteiger partial charge in [0.2, 0.25) is 5.91 Å². The first-order chi connectivity index (χ1) is 15.0. The maximum Gasteiger partial charge on any atom is 0.225 e. The summed E-state index contributed by atoms with van der Waals surface area (Å²) in [5, 5.41) is -0.527. The van der Waals surface area contributed by atoms with Gasteiger partial charge in [0.05, 0.1) is 18.5 Å². The van der Waals surface area contributed by atoms with Crippen LogP contribution >= 0.6 is 0 Å². The number of ether oxygens (including phenoxy) is 1. The summed E-state index contributed by atoms with van der Waals surface area (Å²) < 4.78 is 32.5. The van der Waals surface area contributed by atoms with Crippen molar-refractivity contribution in [2.75, 3.05) is 39.4 Å². The van der Waals surface area contributed by atoms with E-state index in [2.05, 4.69) is 9.88 Å². The largest absolute Gasteiger partial charge is 0.378 e. The van der Waals surface area contributed by atoms with Gasteiger partial charge in [-0.15, -0.1) is 0 Å². The average molecular weight is 451 g/mol. The minimum absolute atomic E-state index is 0.0777. The second kappa shape index (κ2) is 9.94. The monoisotopic (exact) mass is 450 g/mol. The summed E-state index contributed by atoms with van der Waals surface area (Å²) in [4.78, 5) is 21.7. The number of aromatic nitrogens is 1. The molecule has 172 valence electrons. The smallest absolute Gasteiger partial charge is 0.225 e. The molecular weight excluding hydrogens is 416 g/mol. The highest BCUT2D eigenvalue weighted by Crippen LogP contribution is 2.36. The number of sulfone groups is 1. The van der Waals surface area contributed by atoms with E-state index >= 15 is 0 Å². The third kappa shape index (κ3) is 5.10. The summed E-state index contributed by atoms with van der Waals surface area (Å²) in [6.07, 6.45) is 6.65. The second-order valence-corrected chi connectivity index (χ2v) is 11.1. The number of hydrogen-bond acceptors (Lipinski definition) is 7. The van der Waals surface area contributed by atoms with E-state index in [-0.39, 0.29) is 29.4 Å². The molecule has 1 saturated carbocycles. The van der Waals surface area contributed by atoms with Gasteiger partial charge in [-0.2, -0.15) is 0 Å². The number of nitrogens with two attached hydrogens (primary N) is 1. The highest BCUT2D eigenvalue weighted by molar-refractivity contribution is 7.92. The average Bonchev–Trinajstić information content (AvgIpc) is 2.84. The summed E-state index contributed by atoms with van der Waals surface area (Å²) in [5.74, 6) is -0.204. The zero-order chi connectivity index (χ0) is 21.8. The van der Waals surface area contributed by atoms with E-state index in [9.17, 15) is 13.2 Å². The molecule has 3 heterocycles. The van der Waals surface area contributed by atoms with Crippen LogP contribution in [0.15, 0.2) is 23.4 Å². The van der Waals surface area contributed by atoms with Crippen LogP contribution in [-0.4, -0.2) is 79.8 Å². The topological polar surface area (TPSA) is 106 Å². The Labute approximate surface area is 185 Å². The normalized spacial score (nSPS) is 28.4. The first-order valence-corrected chi connectivity index (χ1v) is 13.0. The lowest BCUT2D eigenvalue weighted by atomic mass is 9.83. The third-order valence-corrected chi connectivity index (χ3v) is 9.05. The summed E-state index contributed by atoms with van der Waals surface area (Å²) >= 11 is 0. The summed E-state index contributed by atoms with van der Waals surface area (Å²) in [6.45, 7) is 4.50. The number of likely N-dealkylation sites (tertiary alicyclic amines) is 1. The number of carbonyl (C=O) groups is 1. The molecular formula is C22H34N4O4S. The van der Waals surface area contributed by atoms with E-state index in [1.165, 1.54) is 12.6 Å². The molecule has 1 aliphatic carbocycles. The van der Waals surface area contributed by atoms with E-state index in [4.69, 9.17) is 10.5 Å². The first kappa shape index (κ1) is 22.6. The lowest BCUT2D eigenvalue weighted by Crippen LogP contribution is -2.51. The molecule has 3 aliphatic rings. The molecule has 1 amide bonds. The van der Waals surface area contributed by atoms with Crippen LogP contribution in [0.5, 0.6) is 0 Å². The van der Waals surface area contributed by atoms with E-state index < -0.39 is 15.1 Å². The van der Waals surface area contributed by atoms with Crippen molar-refractivity contribution >= 4 is 15.7 Å². The Hall–Kier alpha value is -1.55. The van der Waals surface area contributed by atoms with Gasteiger partial charge in [0.25, 0.3) is 0 Å². The molecule has 31 heavy (non-hydrogen) atoms. The van der Waals surface area contributed by atoms with Crippen LogP contribution in [0.1, 0.15) is 44.1 Å². The van der Waals surface area contributed by atoms with Crippen LogP contribution in [-0.2, 0) is 25.9 Å². The van der Waals surface area contributed by atoms with Gasteiger partial charge in [-0.3, -0.25) is 4.79 Å². The molecule has 9 heteroatoms. The van der Waals surface area contributed by atoms with Gasteiger partial charge < -0.3 is 20.3 Å². The fourth-order valence-corrected chi connectivity index (χ4v) is 7.05. The molecule has 4 rings (SSSR count). The van der Waals surface area contributed by atoms with Crippen LogP contribution in [0.2, 0.25) is 0 Å². The minimum atomic E-state index is -3.65. The third-order valence-electron chi connectivity index (χ3n) is 6.98. The molecule has 2 aliphatic heterocycles. The molecule has 2 saturated heterocycles. The van der Waals surface area contributed by atoms with Crippen LogP contribution < -0.4 is 5.73 Å². The lowest BCUT2D eigenvalue weighted by Gasteiger charge is -2.43. The number of piperidine rings is 1. The minimum Gasteiger partial charge on any atom is -0.378 e. The maximum atomic E-state index is 13.6. The molecule has 0 spiro atoms. The zero-order valence-corrected chi connectivity index (χ0v) is 18.9. The zero-order valence-electron chi connectivity index (χ0n) is 18.1. The van der Waals surface area contributed by atoms with E-state index in [1.807, 2.05) is 4.90 Å². The first-order valence-electron chi connectivity index (χ1n) is 11.5. The van der Waals surface area contributed by atoms with Gasteiger partial charge >= 0.3 is 0 Å². The Morgan fingerprint density at radius 1 is 1.10 bits per heavy atom. The Balaban J connectivity index is 1.59. The molecule has 2 N–H and O–H groups in total. The van der Waals surface area contributed by atoms with Crippen LogP contribution in [0.3, 0.4) is 0 Å². The van der Waals surface area contributed by atoms with Crippen molar-refractivity contribution in [3.63, 3.8) is 0 Å². The van der Waals surface area contributed by atoms with Gasteiger partial charge in [0, 0.05) is 37.8 Å². The maximum absolute atomic E-state index is 13.6. The van der Waals surface area contributed by atoms with Crippen LogP contribution in [0.25, 0.3) is 0 Å². The second-order valence-electron chi connectivity index (χ2n) is 8.97. The van der Waals surface area contributed by atoms with Gasteiger partial charge in [0.15, 0.2) is 14.9 Å². The van der Waals surface area contributed by atoms with Gasteiger partial charge in [0.1, 0.15) is 0 Å². The van der Waals surface area contributed by atoms with Crippen LogP contribution in [0, 0.1) is 5.92 Å². The molecule has 3 atom stereocenters. The van der Waals surface area contributed by atoms with Gasteiger partial charge in [-0.25, -0.2) is 13.4 Å². The molecule has 0 radical (unpaired) electrons. The number of pyridine rings is 1. The van der Waals surface area contributed by atoms with Crippen molar-refractivity contribution in [1.82, 2.24) is 14.8 Å². The number of rotatable bonds is 5. The van der Waals surface area contributed by atoms with Crippen molar-refractivity contribution in [3.8, 4) is 0 Å². The standard InChI is InChI=1S/C22H34N4O4S/c23-16-17-4-5-24-21(12-17)31(28,29)20-14-18(22(27)26-8-10-30-11-9-26)13-19(15-20)25-6-2-1-3-7-25/h4-5,12,18-20H,1-3,6-11,13-16,23H2/t18-,19+,20?/m0/s1. The van der Waals surface area contributed by atoms with Crippen molar-refractivity contribution in [2.24, 2.45) is 11.7 Å². The number of nitrogens with zero attached hydrogens (tertiary/aromatic N) is 3. The molecule has 1 unspecified atom stereocenters. The van der Waals surface area contributed by atoms with E-state index in [0.29, 0.717) is 39.1 Å². The molecule has 1 aromatic heterocycles. The Morgan fingerprint density at radius 2 is 1.84 bits per heavy atom. The van der Waals surface area contributed by atoms with Crippen LogP contribution in [0.4, 0.5) is 0 Å². The molecule has 3 fully saturated rings. The predicted octanol–water partition coefficient (Wildman–Crippen LogP) is 1.20. The van der Waals surface area contributed by atoms with Gasteiger partial charge in [-0.1, -0.05) is 6.42 Å². The number of morpholine rings is 1. The Morgan fingerprint density at radius 3 is 2.55 bits per heavy atom. The Bertz CT molecular complexity index is 866. The van der Waals surface area contributed by atoms with Crippen molar-refractivity contribution in [2.45, 2.75) is 61.4 Å². The fourth-order valence-electron chi connectivity index (χ4n) is 5.22. The molecule has 0 aromatic carbocycles. The molecule has 1 aromatic rings.